The highest BCUT2D eigenvalue weighted by atomic mass is 32.2. The van der Waals surface area contributed by atoms with Crippen molar-refractivity contribution >= 4 is 21.6 Å². The number of hydrogen-bond donors (Lipinski definition) is 2. The molecule has 0 saturated carbocycles. The second kappa shape index (κ2) is 8.52. The molecule has 29 heavy (non-hydrogen) atoms. The zero-order chi connectivity index (χ0) is 21.1. The predicted molar refractivity (Wildman–Crippen MR) is 100 cm³/mol. The number of amides is 1. The number of halogens is 3. The number of benzene rings is 2. The summed E-state index contributed by atoms with van der Waals surface area (Å²) >= 11 is 0. The van der Waals surface area contributed by atoms with Gasteiger partial charge in [0, 0.05) is 24.4 Å². The smallest absolute Gasteiger partial charge is 0.377 e. The van der Waals surface area contributed by atoms with E-state index < -0.39 is 27.7 Å². The van der Waals surface area contributed by atoms with Gasteiger partial charge >= 0.3 is 6.18 Å². The molecule has 0 unspecified atom stereocenters. The second-order valence-electron chi connectivity index (χ2n) is 6.54. The maximum absolute atomic E-state index is 12.8. The molecule has 0 aromatic heterocycles. The minimum atomic E-state index is -4.52. The highest BCUT2D eigenvalue weighted by Crippen LogP contribution is 2.30. The van der Waals surface area contributed by atoms with Crippen molar-refractivity contribution in [3.63, 3.8) is 0 Å². The van der Waals surface area contributed by atoms with Crippen LogP contribution in [0.3, 0.4) is 0 Å². The fraction of sp³-hybridized carbons (Fsp3) is 0.316. The quantitative estimate of drug-likeness (QED) is 0.739. The Labute approximate surface area is 166 Å². The van der Waals surface area contributed by atoms with Gasteiger partial charge in [0.2, 0.25) is 10.0 Å². The lowest BCUT2D eigenvalue weighted by atomic mass is 10.1. The molecular formula is C19H19F3N2O4S. The van der Waals surface area contributed by atoms with Crippen molar-refractivity contribution in [2.24, 2.45) is 0 Å². The number of ether oxygens (including phenoxy) is 1. The first-order valence-electron chi connectivity index (χ1n) is 8.85. The minimum absolute atomic E-state index is 0.0141. The van der Waals surface area contributed by atoms with E-state index in [1.54, 1.807) is 0 Å². The topological polar surface area (TPSA) is 84.5 Å². The average Bonchev–Trinajstić information content (AvgIpc) is 3.20. The Morgan fingerprint density at radius 3 is 2.48 bits per heavy atom. The van der Waals surface area contributed by atoms with Crippen molar-refractivity contribution in [2.75, 3.05) is 18.5 Å². The van der Waals surface area contributed by atoms with Gasteiger partial charge in [0.15, 0.2) is 0 Å². The molecule has 1 saturated heterocycles. The van der Waals surface area contributed by atoms with Crippen molar-refractivity contribution < 1.29 is 31.1 Å². The molecule has 10 heteroatoms. The number of anilines is 1. The van der Waals surface area contributed by atoms with Crippen molar-refractivity contribution in [1.82, 2.24) is 4.72 Å². The number of nitrogens with one attached hydrogen (secondary N) is 2. The lowest BCUT2D eigenvalue weighted by Gasteiger charge is -2.12. The number of sulfonamides is 1. The summed E-state index contributed by atoms with van der Waals surface area (Å²) in [6.45, 7) is 0.780. The third-order valence-corrected chi connectivity index (χ3v) is 5.84. The van der Waals surface area contributed by atoms with Crippen LogP contribution in [0.1, 0.15) is 28.8 Å². The van der Waals surface area contributed by atoms with E-state index in [1.165, 1.54) is 36.4 Å². The standard InChI is InChI=1S/C19H19F3N2O4S/c20-19(21,22)14-3-1-4-15(11-14)24-18(25)13-6-8-17(9-7-13)29(26,27)23-12-16-5-2-10-28-16/h1,3-4,6-9,11,16,23H,2,5,10,12H2,(H,24,25)/t16-/m0/s1. The van der Waals surface area contributed by atoms with Crippen LogP contribution < -0.4 is 10.0 Å². The third kappa shape index (κ3) is 5.55. The van der Waals surface area contributed by atoms with Crippen LogP contribution in [0.2, 0.25) is 0 Å². The summed E-state index contributed by atoms with van der Waals surface area (Å²) in [7, 11) is -3.76. The zero-order valence-corrected chi connectivity index (χ0v) is 16.0. The van der Waals surface area contributed by atoms with Gasteiger partial charge < -0.3 is 10.1 Å². The summed E-state index contributed by atoms with van der Waals surface area (Å²) in [5.41, 5.74) is -0.783. The average molecular weight is 428 g/mol. The van der Waals surface area contributed by atoms with Gasteiger partial charge in [-0.3, -0.25) is 4.79 Å². The number of carbonyl (C=O) groups excluding carboxylic acids is 1. The Kier molecular flexibility index (Phi) is 6.25. The summed E-state index contributed by atoms with van der Waals surface area (Å²) in [6, 6.07) is 9.37. The summed E-state index contributed by atoms with van der Waals surface area (Å²) in [5, 5.41) is 2.37. The van der Waals surface area contributed by atoms with Crippen LogP contribution in [0.4, 0.5) is 18.9 Å². The maximum Gasteiger partial charge on any atom is 0.416 e. The van der Waals surface area contributed by atoms with Crippen molar-refractivity contribution in [1.29, 1.82) is 0 Å². The van der Waals surface area contributed by atoms with E-state index in [0.29, 0.717) is 6.61 Å². The van der Waals surface area contributed by atoms with Gasteiger partial charge in [-0.15, -0.1) is 0 Å². The van der Waals surface area contributed by atoms with Crippen LogP contribution in [-0.4, -0.2) is 33.6 Å². The molecule has 0 spiro atoms. The van der Waals surface area contributed by atoms with Gasteiger partial charge in [-0.25, -0.2) is 13.1 Å². The van der Waals surface area contributed by atoms with E-state index in [4.69, 9.17) is 4.74 Å². The first-order chi connectivity index (χ1) is 13.6. The summed E-state index contributed by atoms with van der Waals surface area (Å²) in [5.74, 6) is -0.652. The number of rotatable bonds is 6. The highest BCUT2D eigenvalue weighted by Gasteiger charge is 2.30. The number of hydrogen-bond acceptors (Lipinski definition) is 4. The molecule has 1 aliphatic rings. The molecule has 6 nitrogen and oxygen atoms in total. The molecule has 0 bridgehead atoms. The van der Waals surface area contributed by atoms with E-state index in [2.05, 4.69) is 10.0 Å². The Bertz CT molecular complexity index is 970. The fourth-order valence-corrected chi connectivity index (χ4v) is 3.92. The molecule has 1 heterocycles. The third-order valence-electron chi connectivity index (χ3n) is 4.40. The minimum Gasteiger partial charge on any atom is -0.377 e. The molecule has 2 aromatic rings. The fourth-order valence-electron chi connectivity index (χ4n) is 2.85. The lowest BCUT2D eigenvalue weighted by molar-refractivity contribution is -0.137. The summed E-state index contributed by atoms with van der Waals surface area (Å²) < 4.78 is 70.8. The van der Waals surface area contributed by atoms with E-state index in [0.717, 1.165) is 25.0 Å². The van der Waals surface area contributed by atoms with E-state index in [1.807, 2.05) is 0 Å². The van der Waals surface area contributed by atoms with Gasteiger partial charge in [-0.05, 0) is 55.3 Å². The molecule has 156 valence electrons. The van der Waals surface area contributed by atoms with Gasteiger partial charge in [0.1, 0.15) is 0 Å². The van der Waals surface area contributed by atoms with Crippen LogP contribution in [0, 0.1) is 0 Å². The van der Waals surface area contributed by atoms with E-state index in [9.17, 15) is 26.4 Å². The molecule has 1 aliphatic heterocycles. The van der Waals surface area contributed by atoms with Gasteiger partial charge in [-0.2, -0.15) is 13.2 Å². The first kappa shape index (κ1) is 21.3. The molecule has 2 N–H and O–H groups in total. The lowest BCUT2D eigenvalue weighted by Crippen LogP contribution is -2.31. The molecule has 1 atom stereocenters. The number of alkyl halides is 3. The Morgan fingerprint density at radius 2 is 1.86 bits per heavy atom. The molecule has 0 radical (unpaired) electrons. The second-order valence-corrected chi connectivity index (χ2v) is 8.31. The van der Waals surface area contributed by atoms with Crippen LogP contribution >= 0.6 is 0 Å². The van der Waals surface area contributed by atoms with E-state index >= 15 is 0 Å². The molecule has 1 amide bonds. The van der Waals surface area contributed by atoms with Crippen molar-refractivity contribution in [3.8, 4) is 0 Å². The monoisotopic (exact) mass is 428 g/mol. The van der Waals surface area contributed by atoms with Gasteiger partial charge in [-0.1, -0.05) is 6.07 Å². The highest BCUT2D eigenvalue weighted by molar-refractivity contribution is 7.89. The summed E-state index contributed by atoms with van der Waals surface area (Å²) in [4.78, 5) is 12.2. The molecule has 2 aromatic carbocycles. The van der Waals surface area contributed by atoms with Gasteiger partial charge in [0.05, 0.1) is 16.6 Å². The zero-order valence-electron chi connectivity index (χ0n) is 15.2. The molecule has 3 rings (SSSR count). The van der Waals surface area contributed by atoms with E-state index in [-0.39, 0.29) is 28.8 Å². The Hall–Kier alpha value is -2.43. The Balaban J connectivity index is 1.65. The first-order valence-corrected chi connectivity index (χ1v) is 10.3. The SMILES string of the molecule is O=C(Nc1cccc(C(F)(F)F)c1)c1ccc(S(=O)(=O)NC[C@@H]2CCCO2)cc1. The van der Waals surface area contributed by atoms with Crippen LogP contribution in [0.15, 0.2) is 53.4 Å². The normalized spacial score (nSPS) is 17.3. The maximum atomic E-state index is 12.8. The Morgan fingerprint density at radius 1 is 1.14 bits per heavy atom. The largest absolute Gasteiger partial charge is 0.416 e. The van der Waals surface area contributed by atoms with Crippen molar-refractivity contribution in [3.05, 3.63) is 59.7 Å². The van der Waals surface area contributed by atoms with Crippen LogP contribution in [-0.2, 0) is 20.9 Å². The van der Waals surface area contributed by atoms with Crippen LogP contribution in [0.25, 0.3) is 0 Å². The number of carbonyl (C=O) groups is 1. The van der Waals surface area contributed by atoms with Crippen molar-refractivity contribution in [2.45, 2.75) is 30.0 Å². The predicted octanol–water partition coefficient (Wildman–Crippen LogP) is 3.42. The van der Waals surface area contributed by atoms with Crippen LogP contribution in [0.5, 0.6) is 0 Å². The molecule has 1 fully saturated rings. The molecule has 0 aliphatic carbocycles. The summed E-state index contributed by atoms with van der Waals surface area (Å²) in [6.07, 6.45) is -2.99. The van der Waals surface area contributed by atoms with Gasteiger partial charge in [0.25, 0.3) is 5.91 Å². The molecular weight excluding hydrogens is 409 g/mol.